The zero-order chi connectivity index (χ0) is 18.3. The molecule has 0 fully saturated rings. The molecule has 0 saturated heterocycles. The Morgan fingerprint density at radius 2 is 2.08 bits per heavy atom. The Labute approximate surface area is 149 Å². The van der Waals surface area contributed by atoms with E-state index in [1.54, 1.807) is 12.4 Å². The summed E-state index contributed by atoms with van der Waals surface area (Å²) in [6.07, 6.45) is 8.07. The first-order chi connectivity index (χ1) is 12.5. The van der Waals surface area contributed by atoms with E-state index < -0.39 is 0 Å². The molecule has 1 atom stereocenters. The minimum Gasteiger partial charge on any atom is -0.443 e. The first kappa shape index (κ1) is 16.3. The predicted molar refractivity (Wildman–Crippen MR) is 98.7 cm³/mol. The molecule has 3 aromatic rings. The number of rotatable bonds is 3. The number of hydrogen-bond acceptors (Lipinski definition) is 5. The zero-order valence-electron chi connectivity index (χ0n) is 14.8. The van der Waals surface area contributed by atoms with Crippen LogP contribution in [-0.4, -0.2) is 25.4 Å². The number of ether oxygens (including phenoxy) is 1. The lowest BCUT2D eigenvalue weighted by atomic mass is 9.85. The second-order valence-corrected chi connectivity index (χ2v) is 6.55. The van der Waals surface area contributed by atoms with Gasteiger partial charge >= 0.3 is 0 Å². The molecule has 2 N–H and O–H groups in total. The lowest BCUT2D eigenvalue weighted by Gasteiger charge is -2.23. The quantitative estimate of drug-likeness (QED) is 0.757. The van der Waals surface area contributed by atoms with Crippen LogP contribution in [0.2, 0.25) is 0 Å². The number of aromatic nitrogens is 5. The average molecular weight is 349 g/mol. The summed E-state index contributed by atoms with van der Waals surface area (Å²) < 4.78 is 6.03. The van der Waals surface area contributed by atoms with Gasteiger partial charge in [-0.25, -0.2) is 10.1 Å². The van der Waals surface area contributed by atoms with Crippen molar-refractivity contribution in [3.63, 3.8) is 0 Å². The van der Waals surface area contributed by atoms with Crippen LogP contribution in [0.4, 0.5) is 0 Å². The minimum absolute atomic E-state index is 0.152. The van der Waals surface area contributed by atoms with Crippen molar-refractivity contribution < 1.29 is 4.74 Å². The highest BCUT2D eigenvalue weighted by Gasteiger charge is 2.22. The molecule has 0 aliphatic heterocycles. The smallest absolute Gasteiger partial charge is 0.267 e. The Morgan fingerprint density at radius 3 is 2.88 bits per heavy atom. The first-order valence-corrected chi connectivity index (χ1v) is 8.47. The van der Waals surface area contributed by atoms with Crippen LogP contribution in [0.15, 0.2) is 41.2 Å². The number of aromatic amines is 2. The molecule has 1 unspecified atom stereocenters. The number of fused-ring (bicyclic) bond motifs is 1. The third kappa shape index (κ3) is 2.71. The summed E-state index contributed by atoms with van der Waals surface area (Å²) in [6.45, 7) is 5.86. The van der Waals surface area contributed by atoms with Crippen molar-refractivity contribution in [2.45, 2.75) is 27.2 Å². The maximum atomic E-state index is 11.9. The highest BCUT2D eigenvalue weighted by Crippen LogP contribution is 2.35. The molecular formula is C19H19N5O2. The molecule has 132 valence electrons. The first-order valence-electron chi connectivity index (χ1n) is 8.47. The van der Waals surface area contributed by atoms with E-state index in [0.29, 0.717) is 17.9 Å². The molecule has 4 rings (SSSR count). The van der Waals surface area contributed by atoms with E-state index in [9.17, 15) is 4.79 Å². The maximum Gasteiger partial charge on any atom is 0.267 e. The number of aryl methyl sites for hydroxylation is 1. The van der Waals surface area contributed by atoms with Gasteiger partial charge in [-0.05, 0) is 37.5 Å². The number of allylic oxidation sites excluding steroid dienone is 4. The molecular weight excluding hydrogens is 330 g/mol. The van der Waals surface area contributed by atoms with Gasteiger partial charge in [0.2, 0.25) is 5.88 Å². The normalized spacial score (nSPS) is 17.1. The van der Waals surface area contributed by atoms with E-state index in [-0.39, 0.29) is 11.5 Å². The summed E-state index contributed by atoms with van der Waals surface area (Å²) in [5, 5.41) is 14.4. The highest BCUT2D eigenvalue weighted by molar-refractivity contribution is 5.82. The Bertz CT molecular complexity index is 1110. The number of nitrogens with zero attached hydrogens (tertiary/aromatic N) is 3. The molecule has 0 radical (unpaired) electrons. The van der Waals surface area contributed by atoms with E-state index in [1.165, 1.54) is 0 Å². The molecule has 7 nitrogen and oxygen atoms in total. The SMILES string of the molecule is Cc1n[nH]c(=O)c(C)c1C1=CC=C(Oc2nccc3[nH]ncc23)CC1C. The van der Waals surface area contributed by atoms with Gasteiger partial charge in [-0.2, -0.15) is 10.2 Å². The van der Waals surface area contributed by atoms with E-state index in [4.69, 9.17) is 4.74 Å². The monoisotopic (exact) mass is 349 g/mol. The molecule has 0 amide bonds. The van der Waals surface area contributed by atoms with Crippen molar-refractivity contribution >= 4 is 16.5 Å². The highest BCUT2D eigenvalue weighted by atomic mass is 16.5. The lowest BCUT2D eigenvalue weighted by molar-refractivity contribution is 0.378. The van der Waals surface area contributed by atoms with Crippen LogP contribution in [0.5, 0.6) is 5.88 Å². The molecule has 26 heavy (non-hydrogen) atoms. The van der Waals surface area contributed by atoms with Gasteiger partial charge in [0.05, 0.1) is 22.8 Å². The van der Waals surface area contributed by atoms with Gasteiger partial charge in [-0.1, -0.05) is 13.0 Å². The molecule has 0 spiro atoms. The number of pyridine rings is 1. The van der Waals surface area contributed by atoms with Crippen LogP contribution < -0.4 is 10.3 Å². The summed E-state index contributed by atoms with van der Waals surface area (Å²) in [5.74, 6) is 1.56. The average Bonchev–Trinajstić information content (AvgIpc) is 3.10. The van der Waals surface area contributed by atoms with Gasteiger partial charge in [0.25, 0.3) is 5.56 Å². The third-order valence-electron chi connectivity index (χ3n) is 4.74. The summed E-state index contributed by atoms with van der Waals surface area (Å²) in [5.41, 5.74) is 4.27. The van der Waals surface area contributed by atoms with Gasteiger partial charge in [0, 0.05) is 23.7 Å². The summed E-state index contributed by atoms with van der Waals surface area (Å²) in [6, 6.07) is 1.86. The molecule has 1 aliphatic carbocycles. The summed E-state index contributed by atoms with van der Waals surface area (Å²) >= 11 is 0. The van der Waals surface area contributed by atoms with Gasteiger partial charge in [-0.15, -0.1) is 0 Å². The van der Waals surface area contributed by atoms with Gasteiger partial charge in [0.1, 0.15) is 5.76 Å². The summed E-state index contributed by atoms with van der Waals surface area (Å²) in [7, 11) is 0. The van der Waals surface area contributed by atoms with Crippen LogP contribution in [0, 0.1) is 19.8 Å². The summed E-state index contributed by atoms with van der Waals surface area (Å²) in [4.78, 5) is 16.3. The van der Waals surface area contributed by atoms with Gasteiger partial charge in [0.15, 0.2) is 0 Å². The minimum atomic E-state index is -0.152. The second kappa shape index (κ2) is 6.25. The van der Waals surface area contributed by atoms with E-state index in [2.05, 4.69) is 32.3 Å². The molecule has 7 heteroatoms. The number of nitrogens with one attached hydrogen (secondary N) is 2. The fourth-order valence-corrected chi connectivity index (χ4v) is 3.36. The fraction of sp³-hybridized carbons (Fsp3) is 0.263. The molecule has 1 aliphatic rings. The van der Waals surface area contributed by atoms with Crippen LogP contribution in [0.1, 0.15) is 30.2 Å². The van der Waals surface area contributed by atoms with Crippen LogP contribution >= 0.6 is 0 Å². The molecule has 0 bridgehead atoms. The van der Waals surface area contributed by atoms with Crippen LogP contribution in [0.25, 0.3) is 16.5 Å². The van der Waals surface area contributed by atoms with E-state index >= 15 is 0 Å². The second-order valence-electron chi connectivity index (χ2n) is 6.55. The Morgan fingerprint density at radius 1 is 1.23 bits per heavy atom. The Kier molecular flexibility index (Phi) is 3.91. The zero-order valence-corrected chi connectivity index (χ0v) is 14.8. The van der Waals surface area contributed by atoms with Crippen LogP contribution in [-0.2, 0) is 0 Å². The molecule has 0 saturated carbocycles. The maximum absolute atomic E-state index is 11.9. The molecule has 3 heterocycles. The Hall–Kier alpha value is -3.22. The molecule has 0 aromatic carbocycles. The van der Waals surface area contributed by atoms with Crippen molar-refractivity contribution in [1.82, 2.24) is 25.4 Å². The Balaban J connectivity index is 1.69. The van der Waals surface area contributed by atoms with Crippen molar-refractivity contribution in [1.29, 1.82) is 0 Å². The number of hydrogen-bond donors (Lipinski definition) is 2. The van der Waals surface area contributed by atoms with Crippen molar-refractivity contribution in [3.05, 3.63) is 63.5 Å². The fourth-order valence-electron chi connectivity index (χ4n) is 3.36. The number of H-pyrrole nitrogens is 2. The van der Waals surface area contributed by atoms with Gasteiger partial charge < -0.3 is 4.74 Å². The van der Waals surface area contributed by atoms with E-state index in [1.807, 2.05) is 32.1 Å². The standard InChI is InChI=1S/C19H19N5O2/c1-10-8-13(26-19-15-9-21-23-16(15)6-7-20-19)4-5-14(10)17-11(2)18(25)24-22-12(17)3/h4-7,9-10H,8H2,1-3H3,(H,21,23)(H,24,25). The van der Waals surface area contributed by atoms with E-state index in [0.717, 1.165) is 33.5 Å². The van der Waals surface area contributed by atoms with Crippen molar-refractivity contribution in [2.24, 2.45) is 5.92 Å². The van der Waals surface area contributed by atoms with Crippen molar-refractivity contribution in [2.75, 3.05) is 0 Å². The third-order valence-corrected chi connectivity index (χ3v) is 4.74. The predicted octanol–water partition coefficient (Wildman–Crippen LogP) is 3.04. The topological polar surface area (TPSA) is 96.5 Å². The molecule has 3 aromatic heterocycles. The van der Waals surface area contributed by atoms with Gasteiger partial charge in [-0.3, -0.25) is 9.89 Å². The lowest BCUT2D eigenvalue weighted by Crippen LogP contribution is -2.18. The van der Waals surface area contributed by atoms with Crippen LogP contribution in [0.3, 0.4) is 0 Å². The largest absolute Gasteiger partial charge is 0.443 e. The van der Waals surface area contributed by atoms with Crippen molar-refractivity contribution in [3.8, 4) is 5.88 Å².